The zero-order chi connectivity index (χ0) is 36.6. The summed E-state index contributed by atoms with van der Waals surface area (Å²) in [5, 5.41) is 0. The maximum atomic E-state index is 5.09. The normalized spacial score (nSPS) is 14.2. The first-order chi connectivity index (χ1) is 26.3. The lowest BCUT2D eigenvalue weighted by Gasteiger charge is -2.24. The first-order valence-corrected chi connectivity index (χ1v) is 18.9. The highest BCUT2D eigenvalue weighted by Gasteiger charge is 2.41. The zero-order valence-electron chi connectivity index (χ0n) is 31.1. The Morgan fingerprint density at radius 1 is 0.296 bits per heavy atom. The summed E-state index contributed by atoms with van der Waals surface area (Å²) in [6.07, 6.45) is 0. The summed E-state index contributed by atoms with van der Waals surface area (Å²) in [5.74, 6) is 0.721. The van der Waals surface area contributed by atoms with Crippen LogP contribution in [0.3, 0.4) is 0 Å². The van der Waals surface area contributed by atoms with E-state index in [4.69, 9.17) is 9.97 Å². The van der Waals surface area contributed by atoms with Crippen LogP contribution >= 0.6 is 0 Å². The van der Waals surface area contributed by atoms with Crippen LogP contribution in [-0.4, -0.2) is 9.97 Å². The van der Waals surface area contributed by atoms with Gasteiger partial charge in [0.2, 0.25) is 0 Å². The van der Waals surface area contributed by atoms with Gasteiger partial charge in [0.15, 0.2) is 5.82 Å². The van der Waals surface area contributed by atoms with Crippen LogP contribution in [0.4, 0.5) is 0 Å². The van der Waals surface area contributed by atoms with E-state index in [1.54, 1.807) is 0 Å². The number of hydrogen-bond acceptors (Lipinski definition) is 2. The first kappa shape index (κ1) is 32.3. The van der Waals surface area contributed by atoms with Crippen LogP contribution in [0.15, 0.2) is 170 Å². The minimum absolute atomic E-state index is 0.0205. The van der Waals surface area contributed by atoms with Crippen molar-refractivity contribution in [3.05, 3.63) is 192 Å². The van der Waals surface area contributed by atoms with Gasteiger partial charge in [0, 0.05) is 27.5 Å². The zero-order valence-corrected chi connectivity index (χ0v) is 31.1. The number of benzene rings is 7. The molecule has 2 heteroatoms. The molecule has 0 atom stereocenters. The molecule has 0 aliphatic heterocycles. The van der Waals surface area contributed by atoms with Gasteiger partial charge in [-0.15, -0.1) is 0 Å². The summed E-state index contributed by atoms with van der Waals surface area (Å²) in [5.41, 5.74) is 20.7. The standard InChI is InChI=1S/C52H40N2/c1-51(2)44-24-12-11-23-40(44)42-30-47-43(31-46(42)51)41-26-25-38(29-45(41)52(47,3)4)36-20-13-19-35(27-36)37-21-14-22-39(28-37)49-32-48(33-15-7-5-8-16-33)53-50(54-49)34-17-9-6-10-18-34/h5-32H,1-4H3. The van der Waals surface area contributed by atoms with Crippen LogP contribution in [0, 0.1) is 0 Å². The predicted molar refractivity (Wildman–Crippen MR) is 224 cm³/mol. The van der Waals surface area contributed by atoms with Crippen molar-refractivity contribution in [1.82, 2.24) is 9.97 Å². The average Bonchev–Trinajstić information content (AvgIpc) is 3.59. The highest BCUT2D eigenvalue weighted by atomic mass is 14.9. The summed E-state index contributed by atoms with van der Waals surface area (Å²) in [6.45, 7) is 9.52. The van der Waals surface area contributed by atoms with Crippen LogP contribution in [0.2, 0.25) is 0 Å². The van der Waals surface area contributed by atoms with Gasteiger partial charge in [0.05, 0.1) is 11.4 Å². The van der Waals surface area contributed by atoms with Gasteiger partial charge < -0.3 is 0 Å². The van der Waals surface area contributed by atoms with Crippen LogP contribution in [0.5, 0.6) is 0 Å². The monoisotopic (exact) mass is 692 g/mol. The van der Waals surface area contributed by atoms with Crippen molar-refractivity contribution in [2.75, 3.05) is 0 Å². The van der Waals surface area contributed by atoms with Crippen molar-refractivity contribution in [2.24, 2.45) is 0 Å². The fourth-order valence-corrected chi connectivity index (χ4v) is 8.91. The van der Waals surface area contributed by atoms with E-state index < -0.39 is 0 Å². The van der Waals surface area contributed by atoms with Crippen molar-refractivity contribution < 1.29 is 0 Å². The molecule has 8 aromatic rings. The molecular weight excluding hydrogens is 653 g/mol. The van der Waals surface area contributed by atoms with Crippen molar-refractivity contribution in [3.63, 3.8) is 0 Å². The molecule has 7 aromatic carbocycles. The molecule has 0 saturated carbocycles. The lowest BCUT2D eigenvalue weighted by Crippen LogP contribution is -2.17. The third-order valence-electron chi connectivity index (χ3n) is 11.9. The van der Waals surface area contributed by atoms with Crippen LogP contribution in [0.1, 0.15) is 49.9 Å². The third-order valence-corrected chi connectivity index (χ3v) is 11.9. The molecule has 2 aliphatic rings. The highest BCUT2D eigenvalue weighted by molar-refractivity contribution is 5.91. The van der Waals surface area contributed by atoms with E-state index in [2.05, 4.69) is 173 Å². The fraction of sp³-hybridized carbons (Fsp3) is 0.115. The SMILES string of the molecule is CC1(C)c2ccccc2-c2cc3c(cc21)-c1ccc(-c2cccc(-c4cccc(-c5cc(-c6ccccc6)nc(-c6ccccc6)n5)c4)c2)cc1C3(C)C. The predicted octanol–water partition coefficient (Wildman–Crippen LogP) is 13.4. The lowest BCUT2D eigenvalue weighted by atomic mass is 9.79. The van der Waals surface area contributed by atoms with E-state index in [-0.39, 0.29) is 10.8 Å². The van der Waals surface area contributed by atoms with Crippen LogP contribution in [-0.2, 0) is 10.8 Å². The van der Waals surface area contributed by atoms with Gasteiger partial charge in [-0.2, -0.15) is 0 Å². The molecule has 2 aliphatic carbocycles. The van der Waals surface area contributed by atoms with Crippen LogP contribution < -0.4 is 0 Å². The molecule has 54 heavy (non-hydrogen) atoms. The average molecular weight is 693 g/mol. The minimum atomic E-state index is -0.113. The van der Waals surface area contributed by atoms with Gasteiger partial charge in [-0.3, -0.25) is 0 Å². The lowest BCUT2D eigenvalue weighted by molar-refractivity contribution is 0.652. The number of hydrogen-bond donors (Lipinski definition) is 0. The molecule has 0 unspecified atom stereocenters. The van der Waals surface area contributed by atoms with E-state index in [1.807, 2.05) is 24.3 Å². The molecule has 0 N–H and O–H groups in total. The second kappa shape index (κ2) is 12.1. The van der Waals surface area contributed by atoms with Gasteiger partial charge in [0.25, 0.3) is 0 Å². The maximum Gasteiger partial charge on any atom is 0.160 e. The summed E-state index contributed by atoms with van der Waals surface area (Å²) in [6, 6.07) is 61.4. The van der Waals surface area contributed by atoms with Crippen molar-refractivity contribution in [1.29, 1.82) is 0 Å². The van der Waals surface area contributed by atoms with Gasteiger partial charge in [-0.05, 0) is 103 Å². The summed E-state index contributed by atoms with van der Waals surface area (Å²) < 4.78 is 0. The highest BCUT2D eigenvalue weighted by Crippen LogP contribution is 2.56. The van der Waals surface area contributed by atoms with Crippen LogP contribution in [0.25, 0.3) is 78.4 Å². The second-order valence-corrected chi connectivity index (χ2v) is 15.9. The Morgan fingerprint density at radius 2 is 0.741 bits per heavy atom. The van der Waals surface area contributed by atoms with Gasteiger partial charge in [-0.25, -0.2) is 9.97 Å². The molecule has 1 heterocycles. The third kappa shape index (κ3) is 5.09. The molecule has 0 saturated heterocycles. The van der Waals surface area contributed by atoms with E-state index in [0.717, 1.165) is 39.5 Å². The van der Waals surface area contributed by atoms with Gasteiger partial charge in [-0.1, -0.05) is 161 Å². The summed E-state index contributed by atoms with van der Waals surface area (Å²) in [4.78, 5) is 10.1. The Morgan fingerprint density at radius 3 is 1.39 bits per heavy atom. The second-order valence-electron chi connectivity index (χ2n) is 15.9. The van der Waals surface area contributed by atoms with Crippen molar-refractivity contribution in [3.8, 4) is 78.4 Å². The molecule has 0 spiro atoms. The van der Waals surface area contributed by atoms with E-state index >= 15 is 0 Å². The molecule has 1 aromatic heterocycles. The Kier molecular flexibility index (Phi) is 7.22. The number of nitrogens with zero attached hydrogens (tertiary/aromatic N) is 2. The topological polar surface area (TPSA) is 25.8 Å². The Balaban J connectivity index is 1.02. The Bertz CT molecular complexity index is 2700. The molecule has 10 rings (SSSR count). The van der Waals surface area contributed by atoms with Gasteiger partial charge in [0.1, 0.15) is 0 Å². The quantitative estimate of drug-likeness (QED) is 0.179. The molecule has 2 nitrogen and oxygen atoms in total. The summed E-state index contributed by atoms with van der Waals surface area (Å²) >= 11 is 0. The number of aromatic nitrogens is 2. The largest absolute Gasteiger partial charge is 0.228 e. The first-order valence-electron chi connectivity index (χ1n) is 18.9. The van der Waals surface area contributed by atoms with E-state index in [0.29, 0.717) is 0 Å². The molecule has 258 valence electrons. The molecular formula is C52H40N2. The van der Waals surface area contributed by atoms with Gasteiger partial charge >= 0.3 is 0 Å². The molecule has 0 bridgehead atoms. The van der Waals surface area contributed by atoms with Crippen molar-refractivity contribution in [2.45, 2.75) is 38.5 Å². The smallest absolute Gasteiger partial charge is 0.160 e. The summed E-state index contributed by atoms with van der Waals surface area (Å²) in [7, 11) is 0. The number of rotatable bonds is 5. The van der Waals surface area contributed by atoms with E-state index in [1.165, 1.54) is 61.2 Å². The fourth-order valence-electron chi connectivity index (χ4n) is 8.91. The maximum absolute atomic E-state index is 5.09. The molecule has 0 amide bonds. The Labute approximate surface area is 317 Å². The van der Waals surface area contributed by atoms with E-state index in [9.17, 15) is 0 Å². The molecule has 0 radical (unpaired) electrons. The number of fused-ring (bicyclic) bond motifs is 6. The van der Waals surface area contributed by atoms with Crippen molar-refractivity contribution >= 4 is 0 Å². The minimum Gasteiger partial charge on any atom is -0.228 e. The molecule has 0 fully saturated rings. The Hall–Kier alpha value is -6.38.